The number of amides is 1. The van der Waals surface area contributed by atoms with Crippen LogP contribution >= 0.6 is 11.8 Å². The van der Waals surface area contributed by atoms with E-state index in [0.29, 0.717) is 5.56 Å². The van der Waals surface area contributed by atoms with Crippen LogP contribution in [0.15, 0.2) is 40.3 Å². The van der Waals surface area contributed by atoms with Crippen LogP contribution in [0.1, 0.15) is 18.2 Å². The third-order valence-electron chi connectivity index (χ3n) is 3.65. The molecule has 0 unspecified atom stereocenters. The molecule has 1 amide bonds. The van der Waals surface area contributed by atoms with Crippen molar-refractivity contribution in [2.24, 2.45) is 0 Å². The lowest BCUT2D eigenvalue weighted by atomic mass is 10.2. The lowest BCUT2D eigenvalue weighted by Crippen LogP contribution is -2.33. The zero-order valence-corrected chi connectivity index (χ0v) is 16.0. The van der Waals surface area contributed by atoms with Crippen LogP contribution in [-0.4, -0.2) is 46.2 Å². The van der Waals surface area contributed by atoms with Crippen LogP contribution in [0.4, 0.5) is 4.39 Å². The van der Waals surface area contributed by atoms with E-state index in [1.165, 1.54) is 30.2 Å². The highest BCUT2D eigenvalue weighted by Crippen LogP contribution is 2.21. The van der Waals surface area contributed by atoms with Crippen molar-refractivity contribution >= 4 is 23.6 Å². The Hall–Kier alpha value is -2.68. The van der Waals surface area contributed by atoms with Crippen LogP contribution in [0, 0.1) is 5.82 Å². The Morgan fingerprint density at radius 2 is 2.11 bits per heavy atom. The Balaban J connectivity index is 2.04. The molecule has 0 spiro atoms. The molecule has 0 fully saturated rings. The van der Waals surface area contributed by atoms with Crippen molar-refractivity contribution in [3.63, 3.8) is 0 Å². The van der Waals surface area contributed by atoms with Crippen molar-refractivity contribution in [1.82, 2.24) is 14.9 Å². The molecule has 0 aliphatic rings. The smallest absolute Gasteiger partial charge is 0.311 e. The average Bonchev–Trinajstić information content (AvgIpc) is 2.60. The standard InChI is InChI=1S/C18H20FN3O4S/c1-11(17(25)22(2)10-12-5-4-6-13(19)7-12)27-18-20-14(8-15(23)21-18)9-16(24)26-3/h4-8,11H,9-10H2,1-3H3,(H,20,21,23)/t11-/m0/s1. The van der Waals surface area contributed by atoms with Crippen molar-refractivity contribution in [2.75, 3.05) is 14.2 Å². The summed E-state index contributed by atoms with van der Waals surface area (Å²) in [7, 11) is 2.87. The minimum absolute atomic E-state index is 0.129. The minimum Gasteiger partial charge on any atom is -0.469 e. The summed E-state index contributed by atoms with van der Waals surface area (Å²) >= 11 is 1.07. The van der Waals surface area contributed by atoms with Crippen LogP contribution in [0.3, 0.4) is 0 Å². The molecular formula is C18H20FN3O4S. The van der Waals surface area contributed by atoms with Crippen LogP contribution in [0.25, 0.3) is 0 Å². The molecule has 2 aromatic rings. The van der Waals surface area contributed by atoms with E-state index in [4.69, 9.17) is 0 Å². The summed E-state index contributed by atoms with van der Waals surface area (Å²) in [5.41, 5.74) is 0.523. The van der Waals surface area contributed by atoms with E-state index in [1.807, 2.05) is 0 Å². The van der Waals surface area contributed by atoms with Gasteiger partial charge in [0.25, 0.3) is 5.56 Å². The Bertz CT molecular complexity index is 887. The summed E-state index contributed by atoms with van der Waals surface area (Å²) in [6.45, 7) is 1.94. The SMILES string of the molecule is COC(=O)Cc1cc(=O)[nH]c(S[C@@H](C)C(=O)N(C)Cc2cccc(F)c2)n1. The summed E-state index contributed by atoms with van der Waals surface area (Å²) in [6.07, 6.45) is -0.129. The van der Waals surface area contributed by atoms with E-state index < -0.39 is 16.8 Å². The van der Waals surface area contributed by atoms with Crippen molar-refractivity contribution in [3.05, 3.63) is 57.8 Å². The summed E-state index contributed by atoms with van der Waals surface area (Å²) in [5, 5.41) is -0.304. The van der Waals surface area contributed by atoms with E-state index in [1.54, 1.807) is 26.1 Å². The second kappa shape index (κ2) is 9.31. The summed E-state index contributed by atoms with van der Waals surface area (Å²) in [6, 6.07) is 7.25. The lowest BCUT2D eigenvalue weighted by Gasteiger charge is -2.21. The second-order valence-electron chi connectivity index (χ2n) is 5.88. The monoisotopic (exact) mass is 393 g/mol. The van der Waals surface area contributed by atoms with E-state index in [-0.39, 0.29) is 35.5 Å². The molecule has 7 nitrogen and oxygen atoms in total. The first kappa shape index (κ1) is 20.6. The van der Waals surface area contributed by atoms with Crippen molar-refractivity contribution in [1.29, 1.82) is 0 Å². The lowest BCUT2D eigenvalue weighted by molar-refractivity contribution is -0.139. The second-order valence-corrected chi connectivity index (χ2v) is 7.21. The number of carbonyl (C=O) groups excluding carboxylic acids is 2. The van der Waals surface area contributed by atoms with Gasteiger partial charge in [0.1, 0.15) is 5.82 Å². The fourth-order valence-electron chi connectivity index (χ4n) is 2.37. The van der Waals surface area contributed by atoms with Crippen molar-refractivity contribution in [3.8, 4) is 0 Å². The number of nitrogens with one attached hydrogen (secondary N) is 1. The first-order chi connectivity index (χ1) is 12.8. The third-order valence-corrected chi connectivity index (χ3v) is 4.62. The Morgan fingerprint density at radius 3 is 2.78 bits per heavy atom. The zero-order chi connectivity index (χ0) is 20.0. The Labute approximate surface area is 159 Å². The van der Waals surface area contributed by atoms with Crippen LogP contribution in [0.5, 0.6) is 0 Å². The summed E-state index contributed by atoms with van der Waals surface area (Å²) in [4.78, 5) is 43.9. The average molecular weight is 393 g/mol. The van der Waals surface area contributed by atoms with Gasteiger partial charge in [-0.3, -0.25) is 14.4 Å². The quantitative estimate of drug-likeness (QED) is 0.438. The fraction of sp³-hybridized carbons (Fsp3) is 0.333. The zero-order valence-electron chi connectivity index (χ0n) is 15.2. The molecule has 1 N–H and O–H groups in total. The van der Waals surface area contributed by atoms with E-state index >= 15 is 0 Å². The van der Waals surface area contributed by atoms with Crippen molar-refractivity contribution in [2.45, 2.75) is 30.3 Å². The third kappa shape index (κ3) is 6.21. The van der Waals surface area contributed by atoms with Crippen LogP contribution in [-0.2, 0) is 27.3 Å². The van der Waals surface area contributed by atoms with Crippen LogP contribution < -0.4 is 5.56 Å². The van der Waals surface area contributed by atoms with E-state index in [2.05, 4.69) is 14.7 Å². The highest BCUT2D eigenvalue weighted by atomic mass is 32.2. The minimum atomic E-state index is -0.542. The van der Waals surface area contributed by atoms with Gasteiger partial charge in [-0.25, -0.2) is 9.37 Å². The number of methoxy groups -OCH3 is 1. The predicted octanol–water partition coefficient (Wildman–Crippen LogP) is 1.76. The number of thioether (sulfide) groups is 1. The molecule has 0 saturated carbocycles. The van der Waals surface area contributed by atoms with Gasteiger partial charge in [0.2, 0.25) is 5.91 Å². The van der Waals surface area contributed by atoms with Gasteiger partial charge < -0.3 is 14.6 Å². The maximum atomic E-state index is 13.3. The maximum absolute atomic E-state index is 13.3. The number of aromatic nitrogens is 2. The van der Waals surface area contributed by atoms with Gasteiger partial charge in [-0.1, -0.05) is 23.9 Å². The first-order valence-electron chi connectivity index (χ1n) is 8.11. The predicted molar refractivity (Wildman–Crippen MR) is 98.8 cm³/mol. The molecule has 0 aliphatic heterocycles. The normalized spacial score (nSPS) is 11.7. The molecule has 2 rings (SSSR count). The fourth-order valence-corrected chi connectivity index (χ4v) is 3.31. The van der Waals surface area contributed by atoms with Crippen molar-refractivity contribution < 1.29 is 18.7 Å². The molecule has 0 bridgehead atoms. The van der Waals surface area contributed by atoms with Gasteiger partial charge in [-0.15, -0.1) is 0 Å². The number of rotatable bonds is 7. The molecule has 1 aromatic heterocycles. The molecule has 1 aromatic carbocycles. The van der Waals surface area contributed by atoms with Crippen LogP contribution in [0.2, 0.25) is 0 Å². The van der Waals surface area contributed by atoms with Gasteiger partial charge in [0.05, 0.1) is 24.5 Å². The van der Waals surface area contributed by atoms with Gasteiger partial charge in [-0.05, 0) is 24.6 Å². The topological polar surface area (TPSA) is 92.4 Å². The highest BCUT2D eigenvalue weighted by molar-refractivity contribution is 8.00. The molecular weight excluding hydrogens is 373 g/mol. The molecule has 0 aliphatic carbocycles. The van der Waals surface area contributed by atoms with Gasteiger partial charge in [0.15, 0.2) is 5.16 Å². The van der Waals surface area contributed by atoms with Gasteiger partial charge in [-0.2, -0.15) is 0 Å². The Kier molecular flexibility index (Phi) is 7.12. The number of aromatic amines is 1. The van der Waals surface area contributed by atoms with E-state index in [0.717, 1.165) is 11.8 Å². The molecule has 1 heterocycles. The van der Waals surface area contributed by atoms with Gasteiger partial charge in [0, 0.05) is 19.7 Å². The molecule has 0 radical (unpaired) electrons. The number of esters is 1. The highest BCUT2D eigenvalue weighted by Gasteiger charge is 2.20. The molecule has 1 atom stereocenters. The summed E-state index contributed by atoms with van der Waals surface area (Å²) in [5.74, 6) is -1.08. The summed E-state index contributed by atoms with van der Waals surface area (Å²) < 4.78 is 17.8. The number of carbonyl (C=O) groups is 2. The maximum Gasteiger partial charge on any atom is 0.311 e. The molecule has 9 heteroatoms. The number of hydrogen-bond acceptors (Lipinski definition) is 6. The van der Waals surface area contributed by atoms with E-state index in [9.17, 15) is 18.8 Å². The number of H-pyrrole nitrogens is 1. The number of hydrogen-bond donors (Lipinski definition) is 1. The largest absolute Gasteiger partial charge is 0.469 e. The number of ether oxygens (including phenoxy) is 1. The molecule has 0 saturated heterocycles. The van der Waals surface area contributed by atoms with Gasteiger partial charge >= 0.3 is 5.97 Å². The molecule has 27 heavy (non-hydrogen) atoms. The number of benzene rings is 1. The number of halogens is 1. The number of nitrogens with zero attached hydrogens (tertiary/aromatic N) is 2. The molecule has 144 valence electrons. The Morgan fingerprint density at radius 1 is 1.37 bits per heavy atom. The first-order valence-corrected chi connectivity index (χ1v) is 8.99.